The van der Waals surface area contributed by atoms with Gasteiger partial charge in [0.15, 0.2) is 5.82 Å². The minimum absolute atomic E-state index is 0.184. The lowest BCUT2D eigenvalue weighted by molar-refractivity contribution is 0.144. The van der Waals surface area contributed by atoms with Crippen LogP contribution >= 0.6 is 0 Å². The highest BCUT2D eigenvalue weighted by atomic mass is 16.5. The zero-order chi connectivity index (χ0) is 15.1. The molecule has 0 aromatic carbocycles. The molecule has 2 aromatic rings. The van der Waals surface area contributed by atoms with Crippen LogP contribution < -0.4 is 0 Å². The second kappa shape index (κ2) is 5.50. The molecule has 0 radical (unpaired) electrons. The van der Waals surface area contributed by atoms with E-state index >= 15 is 0 Å². The molecule has 6 heteroatoms. The summed E-state index contributed by atoms with van der Waals surface area (Å²) in [5.41, 5.74) is 1.21. The number of nitrogens with zero attached hydrogens (tertiary/aromatic N) is 5. The van der Waals surface area contributed by atoms with Gasteiger partial charge in [0, 0.05) is 18.2 Å². The standard InChI is InChI=1S/C16H23N5O/c1-11-8-17-20(9-11)10-14-4-3-7-21(14)12(2)16-18-15(19-22-16)13-5-6-13/h8-9,12-14H,3-7,10H2,1-2H3/t12-,14+/m1/s1. The van der Waals surface area contributed by atoms with Gasteiger partial charge in [0.1, 0.15) is 0 Å². The van der Waals surface area contributed by atoms with Gasteiger partial charge in [0.25, 0.3) is 0 Å². The molecule has 4 rings (SSSR count). The van der Waals surface area contributed by atoms with Crippen molar-refractivity contribution in [3.63, 3.8) is 0 Å². The quantitative estimate of drug-likeness (QED) is 0.849. The van der Waals surface area contributed by atoms with Gasteiger partial charge in [-0.3, -0.25) is 9.58 Å². The molecule has 2 atom stereocenters. The predicted molar refractivity (Wildman–Crippen MR) is 81.4 cm³/mol. The molecule has 0 spiro atoms. The molecule has 1 aliphatic heterocycles. The van der Waals surface area contributed by atoms with Crippen LogP contribution in [-0.4, -0.2) is 37.4 Å². The van der Waals surface area contributed by atoms with Crippen LogP contribution in [0.15, 0.2) is 16.9 Å². The molecule has 0 N–H and O–H groups in total. The minimum atomic E-state index is 0.184. The molecule has 0 bridgehead atoms. The first-order valence-corrected chi connectivity index (χ1v) is 8.29. The number of aryl methyl sites for hydroxylation is 1. The number of rotatable bonds is 5. The molecule has 1 aliphatic carbocycles. The van der Waals surface area contributed by atoms with Crippen molar-refractivity contribution in [2.45, 2.75) is 64.1 Å². The Morgan fingerprint density at radius 3 is 2.95 bits per heavy atom. The van der Waals surface area contributed by atoms with Crippen LogP contribution in [0.5, 0.6) is 0 Å². The summed E-state index contributed by atoms with van der Waals surface area (Å²) in [6, 6.07) is 0.676. The van der Waals surface area contributed by atoms with Gasteiger partial charge >= 0.3 is 0 Å². The lowest BCUT2D eigenvalue weighted by Gasteiger charge is -2.28. The average Bonchev–Trinajstić information content (AvgIpc) is 2.92. The smallest absolute Gasteiger partial charge is 0.243 e. The summed E-state index contributed by atoms with van der Waals surface area (Å²) >= 11 is 0. The van der Waals surface area contributed by atoms with Crippen LogP contribution in [0.3, 0.4) is 0 Å². The van der Waals surface area contributed by atoms with E-state index in [0.717, 1.165) is 24.8 Å². The van der Waals surface area contributed by atoms with Crippen molar-refractivity contribution in [2.24, 2.45) is 0 Å². The summed E-state index contributed by atoms with van der Waals surface area (Å²) in [7, 11) is 0. The van der Waals surface area contributed by atoms with E-state index in [9.17, 15) is 0 Å². The van der Waals surface area contributed by atoms with Crippen LogP contribution in [0, 0.1) is 6.92 Å². The van der Waals surface area contributed by atoms with Crippen LogP contribution in [0.25, 0.3) is 0 Å². The number of aromatic nitrogens is 4. The van der Waals surface area contributed by atoms with Gasteiger partial charge in [-0.05, 0) is 51.6 Å². The molecular formula is C16H23N5O. The fourth-order valence-corrected chi connectivity index (χ4v) is 3.41. The normalized spacial score (nSPS) is 24.0. The Morgan fingerprint density at radius 1 is 1.36 bits per heavy atom. The summed E-state index contributed by atoms with van der Waals surface area (Å²) in [6.07, 6.45) is 8.87. The Hall–Kier alpha value is -1.69. The summed E-state index contributed by atoms with van der Waals surface area (Å²) in [4.78, 5) is 7.11. The van der Waals surface area contributed by atoms with Crippen LogP contribution in [0.2, 0.25) is 0 Å². The highest BCUT2D eigenvalue weighted by molar-refractivity contribution is 5.05. The molecular weight excluding hydrogens is 278 g/mol. The number of hydrogen-bond donors (Lipinski definition) is 0. The molecule has 0 unspecified atom stereocenters. The summed E-state index contributed by atoms with van der Waals surface area (Å²) in [5, 5.41) is 8.57. The van der Waals surface area contributed by atoms with Crippen molar-refractivity contribution >= 4 is 0 Å². The highest BCUT2D eigenvalue weighted by Crippen LogP contribution is 2.39. The van der Waals surface area contributed by atoms with Crippen LogP contribution in [-0.2, 0) is 6.54 Å². The molecule has 1 saturated carbocycles. The zero-order valence-corrected chi connectivity index (χ0v) is 13.3. The Balaban J connectivity index is 1.46. The van der Waals surface area contributed by atoms with Gasteiger partial charge in [0.2, 0.25) is 5.89 Å². The van der Waals surface area contributed by atoms with E-state index in [4.69, 9.17) is 4.52 Å². The lowest BCUT2D eigenvalue weighted by Crippen LogP contribution is -2.35. The maximum atomic E-state index is 5.52. The van der Waals surface area contributed by atoms with E-state index in [-0.39, 0.29) is 6.04 Å². The summed E-state index contributed by atoms with van der Waals surface area (Å²) in [6.45, 7) is 6.28. The van der Waals surface area contributed by atoms with E-state index < -0.39 is 0 Å². The van der Waals surface area contributed by atoms with Gasteiger partial charge in [-0.1, -0.05) is 5.16 Å². The first kappa shape index (κ1) is 13.9. The first-order chi connectivity index (χ1) is 10.7. The Kier molecular flexibility index (Phi) is 3.48. The predicted octanol–water partition coefficient (Wildman–Crippen LogP) is 2.68. The molecule has 6 nitrogen and oxygen atoms in total. The maximum Gasteiger partial charge on any atom is 0.243 e. The third-order valence-electron chi connectivity index (χ3n) is 4.84. The average molecular weight is 301 g/mol. The molecule has 3 heterocycles. The van der Waals surface area contributed by atoms with Crippen molar-refractivity contribution in [2.75, 3.05) is 6.54 Å². The molecule has 2 aromatic heterocycles. The van der Waals surface area contributed by atoms with Gasteiger partial charge in [-0.2, -0.15) is 10.1 Å². The fraction of sp³-hybridized carbons (Fsp3) is 0.688. The molecule has 2 aliphatic rings. The minimum Gasteiger partial charge on any atom is -0.338 e. The fourth-order valence-electron chi connectivity index (χ4n) is 3.41. The van der Waals surface area contributed by atoms with Crippen LogP contribution in [0.4, 0.5) is 0 Å². The summed E-state index contributed by atoms with van der Waals surface area (Å²) in [5.74, 6) is 2.22. The third-order valence-corrected chi connectivity index (χ3v) is 4.84. The topological polar surface area (TPSA) is 60.0 Å². The Morgan fingerprint density at radius 2 is 2.23 bits per heavy atom. The Bertz CT molecular complexity index is 645. The van der Waals surface area contributed by atoms with Gasteiger partial charge in [-0.15, -0.1) is 0 Å². The van der Waals surface area contributed by atoms with Gasteiger partial charge in [-0.25, -0.2) is 0 Å². The second-order valence-electron chi connectivity index (χ2n) is 6.71. The van der Waals surface area contributed by atoms with Crippen molar-refractivity contribution in [3.05, 3.63) is 29.7 Å². The highest BCUT2D eigenvalue weighted by Gasteiger charge is 2.34. The third kappa shape index (κ3) is 2.67. The van der Waals surface area contributed by atoms with Crippen molar-refractivity contribution in [1.29, 1.82) is 0 Å². The van der Waals surface area contributed by atoms with E-state index in [1.165, 1.54) is 31.2 Å². The molecule has 1 saturated heterocycles. The van der Waals surface area contributed by atoms with Crippen molar-refractivity contribution in [1.82, 2.24) is 24.8 Å². The maximum absolute atomic E-state index is 5.52. The molecule has 22 heavy (non-hydrogen) atoms. The number of likely N-dealkylation sites (tertiary alicyclic amines) is 1. The zero-order valence-electron chi connectivity index (χ0n) is 13.3. The Labute approximate surface area is 130 Å². The van der Waals surface area contributed by atoms with Gasteiger partial charge in [0.05, 0.1) is 18.8 Å². The van der Waals surface area contributed by atoms with Crippen molar-refractivity contribution < 1.29 is 4.52 Å². The van der Waals surface area contributed by atoms with E-state index in [2.05, 4.69) is 44.9 Å². The van der Waals surface area contributed by atoms with Gasteiger partial charge < -0.3 is 4.52 Å². The van der Waals surface area contributed by atoms with E-state index in [1.807, 2.05) is 6.20 Å². The lowest BCUT2D eigenvalue weighted by atomic mass is 10.2. The van der Waals surface area contributed by atoms with Crippen LogP contribution in [0.1, 0.15) is 61.8 Å². The molecule has 0 amide bonds. The second-order valence-corrected chi connectivity index (χ2v) is 6.71. The number of hydrogen-bond acceptors (Lipinski definition) is 5. The largest absolute Gasteiger partial charge is 0.338 e. The van der Waals surface area contributed by atoms with E-state index in [1.54, 1.807) is 0 Å². The van der Waals surface area contributed by atoms with Crippen molar-refractivity contribution in [3.8, 4) is 0 Å². The van der Waals surface area contributed by atoms with E-state index in [0.29, 0.717) is 12.0 Å². The molecule has 118 valence electrons. The first-order valence-electron chi connectivity index (χ1n) is 8.29. The summed E-state index contributed by atoms with van der Waals surface area (Å²) < 4.78 is 7.57. The molecule has 2 fully saturated rings. The monoisotopic (exact) mass is 301 g/mol. The SMILES string of the molecule is Cc1cnn(C[C@@H]2CCCN2[C@H](C)c2nc(C3CC3)no2)c1.